The van der Waals surface area contributed by atoms with E-state index in [2.05, 4.69) is 10.1 Å². The van der Waals surface area contributed by atoms with Crippen molar-refractivity contribution in [2.75, 3.05) is 33.1 Å². The molecule has 1 unspecified atom stereocenters. The summed E-state index contributed by atoms with van der Waals surface area (Å²) in [6, 6.07) is 11.7. The summed E-state index contributed by atoms with van der Waals surface area (Å²) in [5.41, 5.74) is 1.47. The lowest BCUT2D eigenvalue weighted by molar-refractivity contribution is -0.885. The van der Waals surface area contributed by atoms with Gasteiger partial charge in [-0.1, -0.05) is 29.8 Å². The molecule has 2 rings (SSSR count). The summed E-state index contributed by atoms with van der Waals surface area (Å²) in [5.74, 6) is -1.52. The number of likely N-dealkylation sites (N-methyl/N-ethyl adjacent to an activating group) is 1. The Bertz CT molecular complexity index is 885. The van der Waals surface area contributed by atoms with E-state index in [1.54, 1.807) is 6.07 Å². The Hall–Kier alpha value is -2.90. The first-order valence-electron chi connectivity index (χ1n) is 8.51. The number of hydrogen-bond donors (Lipinski definition) is 2. The highest BCUT2D eigenvalue weighted by atomic mass is 35.5. The van der Waals surface area contributed by atoms with Crippen LogP contribution in [0.15, 0.2) is 42.5 Å². The molecule has 0 spiro atoms. The smallest absolute Gasteiger partial charge is 0.339 e. The van der Waals surface area contributed by atoms with Crippen molar-refractivity contribution in [3.63, 3.8) is 0 Å². The summed E-state index contributed by atoms with van der Waals surface area (Å²) >= 11 is 6.16. The quantitative estimate of drug-likeness (QED) is 0.683. The first-order chi connectivity index (χ1) is 13.3. The number of carbonyl (C=O) groups is 3. The van der Waals surface area contributed by atoms with Gasteiger partial charge in [-0.3, -0.25) is 4.79 Å². The maximum atomic E-state index is 12.5. The number of hydrogen-bond acceptors (Lipinski definition) is 5. The molecule has 0 aliphatic carbocycles. The zero-order valence-corrected chi connectivity index (χ0v) is 16.6. The van der Waals surface area contributed by atoms with Crippen LogP contribution in [0.3, 0.4) is 0 Å². The van der Waals surface area contributed by atoms with Crippen LogP contribution in [0.2, 0.25) is 5.02 Å². The van der Waals surface area contributed by atoms with Gasteiger partial charge in [0.15, 0.2) is 6.54 Å². The number of esters is 2. The third-order valence-electron chi connectivity index (χ3n) is 4.03. The van der Waals surface area contributed by atoms with E-state index in [1.807, 2.05) is 25.2 Å². The van der Waals surface area contributed by atoms with Crippen molar-refractivity contribution < 1.29 is 28.8 Å². The second kappa shape index (κ2) is 9.87. The number of halogens is 1. The predicted octanol–water partition coefficient (Wildman–Crippen LogP) is 1.57. The number of methoxy groups -OCH3 is 2. The molecular weight excluding hydrogens is 384 g/mol. The molecule has 8 heteroatoms. The zero-order valence-electron chi connectivity index (χ0n) is 15.9. The van der Waals surface area contributed by atoms with Gasteiger partial charge in [0.2, 0.25) is 0 Å². The van der Waals surface area contributed by atoms with Crippen molar-refractivity contribution in [3.8, 4) is 0 Å². The molecule has 0 heterocycles. The lowest BCUT2D eigenvalue weighted by Gasteiger charge is -2.16. The predicted molar refractivity (Wildman–Crippen MR) is 105 cm³/mol. The van der Waals surface area contributed by atoms with E-state index in [9.17, 15) is 14.4 Å². The molecule has 148 valence electrons. The van der Waals surface area contributed by atoms with E-state index < -0.39 is 11.9 Å². The molecule has 0 fully saturated rings. The van der Waals surface area contributed by atoms with Crippen LogP contribution in [0.4, 0.5) is 5.69 Å². The fraction of sp³-hybridized carbons (Fsp3) is 0.250. The SMILES string of the molecule is COC(=O)c1ccc(C(=O)OC)c(NC(=O)C[NH+](C)Cc2ccccc2Cl)c1. The number of quaternary nitrogens is 1. The van der Waals surface area contributed by atoms with Gasteiger partial charge in [-0.15, -0.1) is 0 Å². The normalized spacial score (nSPS) is 11.4. The summed E-state index contributed by atoms with van der Waals surface area (Å²) in [4.78, 5) is 37.1. The number of amides is 1. The van der Waals surface area contributed by atoms with E-state index in [1.165, 1.54) is 32.4 Å². The molecular formula is C20H22ClN2O5+. The van der Waals surface area contributed by atoms with Crippen molar-refractivity contribution in [2.45, 2.75) is 6.54 Å². The van der Waals surface area contributed by atoms with Crippen LogP contribution >= 0.6 is 11.6 Å². The largest absolute Gasteiger partial charge is 0.465 e. The van der Waals surface area contributed by atoms with Crippen LogP contribution < -0.4 is 10.2 Å². The summed E-state index contributed by atoms with van der Waals surface area (Å²) in [7, 11) is 4.35. The Morgan fingerprint density at radius 1 is 1.04 bits per heavy atom. The van der Waals surface area contributed by atoms with Crippen molar-refractivity contribution in [1.29, 1.82) is 0 Å². The van der Waals surface area contributed by atoms with Gasteiger partial charge < -0.3 is 19.7 Å². The Morgan fingerprint density at radius 2 is 1.71 bits per heavy atom. The summed E-state index contributed by atoms with van der Waals surface area (Å²) < 4.78 is 9.41. The van der Waals surface area contributed by atoms with Gasteiger partial charge >= 0.3 is 11.9 Å². The second-order valence-electron chi connectivity index (χ2n) is 6.19. The average Bonchev–Trinajstić information content (AvgIpc) is 2.68. The third-order valence-corrected chi connectivity index (χ3v) is 4.40. The first-order valence-corrected chi connectivity index (χ1v) is 8.88. The van der Waals surface area contributed by atoms with Gasteiger partial charge in [-0.05, 0) is 24.3 Å². The van der Waals surface area contributed by atoms with E-state index in [-0.39, 0.29) is 29.3 Å². The van der Waals surface area contributed by atoms with Crippen LogP contribution in [-0.4, -0.2) is 45.7 Å². The number of nitrogens with one attached hydrogen (secondary N) is 2. The Labute approximate surface area is 168 Å². The van der Waals surface area contributed by atoms with Gasteiger partial charge in [0, 0.05) is 10.6 Å². The van der Waals surface area contributed by atoms with Gasteiger partial charge in [-0.2, -0.15) is 0 Å². The van der Waals surface area contributed by atoms with Crippen LogP contribution in [-0.2, 0) is 20.8 Å². The third kappa shape index (κ3) is 5.55. The standard InChI is InChI=1S/C20H21ClN2O5/c1-23(11-14-6-4-5-7-16(14)21)12-18(24)22-17-10-13(19(25)27-2)8-9-15(17)20(26)28-3/h4-10H,11-12H2,1-3H3,(H,22,24)/p+1. The molecule has 0 aromatic heterocycles. The van der Waals surface area contributed by atoms with Crippen molar-refractivity contribution in [2.24, 2.45) is 0 Å². The molecule has 7 nitrogen and oxygen atoms in total. The monoisotopic (exact) mass is 405 g/mol. The number of anilines is 1. The molecule has 1 amide bonds. The fourth-order valence-electron chi connectivity index (χ4n) is 2.68. The summed E-state index contributed by atoms with van der Waals surface area (Å²) in [5, 5.41) is 3.31. The van der Waals surface area contributed by atoms with Crippen LogP contribution in [0.1, 0.15) is 26.3 Å². The van der Waals surface area contributed by atoms with Gasteiger partial charge in [0.25, 0.3) is 5.91 Å². The maximum absolute atomic E-state index is 12.5. The second-order valence-corrected chi connectivity index (χ2v) is 6.60. The molecule has 1 atom stereocenters. The molecule has 0 aliphatic rings. The number of ether oxygens (including phenoxy) is 2. The molecule has 0 saturated heterocycles. The molecule has 0 aliphatic heterocycles. The molecule has 0 saturated carbocycles. The van der Waals surface area contributed by atoms with Crippen LogP contribution in [0.5, 0.6) is 0 Å². The van der Waals surface area contributed by atoms with E-state index in [4.69, 9.17) is 16.3 Å². The number of benzene rings is 2. The van der Waals surface area contributed by atoms with E-state index in [0.29, 0.717) is 11.6 Å². The fourth-order valence-corrected chi connectivity index (χ4v) is 2.88. The van der Waals surface area contributed by atoms with Gasteiger partial charge in [-0.25, -0.2) is 9.59 Å². The molecule has 2 aromatic rings. The molecule has 2 aromatic carbocycles. The Morgan fingerprint density at radius 3 is 2.36 bits per heavy atom. The first kappa shape index (κ1) is 21.4. The highest BCUT2D eigenvalue weighted by Gasteiger charge is 2.19. The number of carbonyl (C=O) groups excluding carboxylic acids is 3. The highest BCUT2D eigenvalue weighted by Crippen LogP contribution is 2.19. The van der Waals surface area contributed by atoms with Crippen molar-refractivity contribution in [3.05, 3.63) is 64.2 Å². The minimum absolute atomic E-state index is 0.133. The van der Waals surface area contributed by atoms with Gasteiger partial charge in [0.1, 0.15) is 6.54 Å². The average molecular weight is 406 g/mol. The minimum atomic E-state index is -0.622. The zero-order chi connectivity index (χ0) is 20.7. The van der Waals surface area contributed by atoms with Crippen LogP contribution in [0, 0.1) is 0 Å². The highest BCUT2D eigenvalue weighted by molar-refractivity contribution is 6.31. The van der Waals surface area contributed by atoms with E-state index >= 15 is 0 Å². The van der Waals surface area contributed by atoms with Crippen LogP contribution in [0.25, 0.3) is 0 Å². The van der Waals surface area contributed by atoms with Crippen molar-refractivity contribution >= 4 is 35.1 Å². The lowest BCUT2D eigenvalue weighted by atomic mass is 10.1. The Kier molecular flexibility index (Phi) is 7.54. The molecule has 28 heavy (non-hydrogen) atoms. The topological polar surface area (TPSA) is 86.1 Å². The molecule has 0 radical (unpaired) electrons. The van der Waals surface area contributed by atoms with E-state index in [0.717, 1.165) is 10.5 Å². The maximum Gasteiger partial charge on any atom is 0.339 e. The number of rotatable bonds is 7. The Balaban J connectivity index is 2.13. The van der Waals surface area contributed by atoms with Crippen molar-refractivity contribution in [1.82, 2.24) is 0 Å². The lowest BCUT2D eigenvalue weighted by Crippen LogP contribution is -3.08. The summed E-state index contributed by atoms with van der Waals surface area (Å²) in [6.07, 6.45) is 0. The minimum Gasteiger partial charge on any atom is -0.465 e. The summed E-state index contributed by atoms with van der Waals surface area (Å²) in [6.45, 7) is 0.688. The van der Waals surface area contributed by atoms with Gasteiger partial charge in [0.05, 0.1) is 38.1 Å². The molecule has 0 bridgehead atoms. The molecule has 2 N–H and O–H groups in total.